The van der Waals surface area contributed by atoms with Crippen LogP contribution >= 0.6 is 0 Å². The Morgan fingerprint density at radius 2 is 2.18 bits per heavy atom. The van der Waals surface area contributed by atoms with E-state index in [1.54, 1.807) is 6.08 Å². The Morgan fingerprint density at radius 1 is 1.64 bits per heavy atom. The summed E-state index contributed by atoms with van der Waals surface area (Å²) in [6.07, 6.45) is 8.86. The molecule has 0 unspecified atom stereocenters. The largest absolute Gasteiger partial charge is 0.386 e. The summed E-state index contributed by atoms with van der Waals surface area (Å²) < 4.78 is 0. The first kappa shape index (κ1) is 10.4. The highest BCUT2D eigenvalue weighted by Gasteiger charge is 2.17. The van der Waals surface area contributed by atoms with E-state index < -0.39 is 5.60 Å². The fourth-order valence-corrected chi connectivity index (χ4v) is 0.998. The van der Waals surface area contributed by atoms with Crippen molar-refractivity contribution in [2.75, 3.05) is 0 Å². The SMILES string of the molecule is C=CC.C[C@]1(O)C=CCCC1. The minimum absolute atomic E-state index is 0.502. The summed E-state index contributed by atoms with van der Waals surface area (Å²) in [6, 6.07) is 0. The molecule has 0 spiro atoms. The lowest BCUT2D eigenvalue weighted by molar-refractivity contribution is 0.0948. The molecule has 0 fully saturated rings. The fraction of sp³-hybridized carbons (Fsp3) is 0.600. The van der Waals surface area contributed by atoms with Crippen LogP contribution in [0.1, 0.15) is 33.1 Å². The first-order valence-corrected chi connectivity index (χ1v) is 4.09. The van der Waals surface area contributed by atoms with Crippen LogP contribution < -0.4 is 0 Å². The van der Waals surface area contributed by atoms with E-state index in [4.69, 9.17) is 0 Å². The first-order valence-electron chi connectivity index (χ1n) is 4.09. The van der Waals surface area contributed by atoms with Crippen LogP contribution in [0.4, 0.5) is 0 Å². The molecule has 0 bridgehead atoms. The Bertz CT molecular complexity index is 134. The minimum atomic E-state index is -0.502. The first-order chi connectivity index (χ1) is 5.12. The van der Waals surface area contributed by atoms with Crippen molar-refractivity contribution in [2.45, 2.75) is 38.7 Å². The summed E-state index contributed by atoms with van der Waals surface area (Å²) in [5.74, 6) is 0. The smallest absolute Gasteiger partial charge is 0.0799 e. The summed E-state index contributed by atoms with van der Waals surface area (Å²) in [6.45, 7) is 7.10. The van der Waals surface area contributed by atoms with Gasteiger partial charge in [-0.05, 0) is 33.1 Å². The number of hydrogen-bond donors (Lipinski definition) is 1. The average molecular weight is 154 g/mol. The van der Waals surface area contributed by atoms with Gasteiger partial charge >= 0.3 is 0 Å². The molecule has 0 aliphatic heterocycles. The van der Waals surface area contributed by atoms with E-state index in [1.165, 1.54) is 0 Å². The monoisotopic (exact) mass is 154 g/mol. The highest BCUT2D eigenvalue weighted by molar-refractivity contribution is 5.01. The van der Waals surface area contributed by atoms with Gasteiger partial charge in [-0.3, -0.25) is 0 Å². The van der Waals surface area contributed by atoms with Crippen LogP contribution in [0.15, 0.2) is 24.8 Å². The summed E-state index contributed by atoms with van der Waals surface area (Å²) in [7, 11) is 0. The maximum absolute atomic E-state index is 9.29. The van der Waals surface area contributed by atoms with Gasteiger partial charge in [-0.2, -0.15) is 0 Å². The minimum Gasteiger partial charge on any atom is -0.386 e. The Labute approximate surface area is 69.4 Å². The molecule has 64 valence electrons. The molecule has 0 amide bonds. The van der Waals surface area contributed by atoms with Gasteiger partial charge < -0.3 is 5.11 Å². The lowest BCUT2D eigenvalue weighted by Crippen LogP contribution is -2.22. The van der Waals surface area contributed by atoms with Crippen LogP contribution in [-0.2, 0) is 0 Å². The lowest BCUT2D eigenvalue weighted by atomic mass is 9.93. The van der Waals surface area contributed by atoms with Crippen molar-refractivity contribution in [3.8, 4) is 0 Å². The zero-order valence-electron chi connectivity index (χ0n) is 7.51. The Balaban J connectivity index is 0.000000292. The quantitative estimate of drug-likeness (QED) is 0.532. The summed E-state index contributed by atoms with van der Waals surface area (Å²) >= 11 is 0. The molecule has 0 radical (unpaired) electrons. The van der Waals surface area contributed by atoms with Crippen molar-refractivity contribution in [3.05, 3.63) is 24.8 Å². The van der Waals surface area contributed by atoms with E-state index >= 15 is 0 Å². The van der Waals surface area contributed by atoms with E-state index in [1.807, 2.05) is 26.0 Å². The summed E-state index contributed by atoms with van der Waals surface area (Å²) in [4.78, 5) is 0. The molecule has 1 heteroatoms. The van der Waals surface area contributed by atoms with Gasteiger partial charge in [-0.15, -0.1) is 6.58 Å². The number of aliphatic hydroxyl groups is 1. The molecule has 0 heterocycles. The molecular formula is C10H18O. The average Bonchev–Trinajstić information content (AvgIpc) is 1.88. The molecular weight excluding hydrogens is 136 g/mol. The zero-order valence-corrected chi connectivity index (χ0v) is 7.51. The van der Waals surface area contributed by atoms with Crippen LogP contribution in [-0.4, -0.2) is 10.7 Å². The van der Waals surface area contributed by atoms with Crippen molar-refractivity contribution >= 4 is 0 Å². The van der Waals surface area contributed by atoms with Crippen molar-refractivity contribution in [3.63, 3.8) is 0 Å². The van der Waals surface area contributed by atoms with Crippen molar-refractivity contribution in [2.24, 2.45) is 0 Å². The standard InChI is InChI=1S/C7H12O.C3H6/c1-7(8)5-3-2-4-6-7;1-3-2/h3,5,8H,2,4,6H2,1H3;3H,1H2,2H3/t7-;/m0./s1. The Morgan fingerprint density at radius 3 is 2.36 bits per heavy atom. The summed E-state index contributed by atoms with van der Waals surface area (Å²) in [5.41, 5.74) is -0.502. The second-order valence-corrected chi connectivity index (χ2v) is 3.06. The maximum atomic E-state index is 9.29. The van der Waals surface area contributed by atoms with E-state index in [0.717, 1.165) is 19.3 Å². The Kier molecular flexibility index (Phi) is 4.88. The van der Waals surface area contributed by atoms with Gasteiger partial charge in [0.15, 0.2) is 0 Å². The maximum Gasteiger partial charge on any atom is 0.0799 e. The van der Waals surface area contributed by atoms with Gasteiger partial charge in [-0.25, -0.2) is 0 Å². The molecule has 1 N–H and O–H groups in total. The third kappa shape index (κ3) is 5.86. The molecule has 0 aromatic heterocycles. The number of allylic oxidation sites excluding steroid dienone is 2. The van der Waals surface area contributed by atoms with E-state index in [-0.39, 0.29) is 0 Å². The molecule has 1 atom stereocenters. The number of rotatable bonds is 0. The number of hydrogen-bond acceptors (Lipinski definition) is 1. The van der Waals surface area contributed by atoms with Gasteiger partial charge in [0.05, 0.1) is 5.60 Å². The molecule has 1 nitrogen and oxygen atoms in total. The summed E-state index contributed by atoms with van der Waals surface area (Å²) in [5, 5.41) is 9.29. The zero-order chi connectivity index (χ0) is 8.74. The predicted octanol–water partition coefficient (Wildman–Crippen LogP) is 2.67. The molecule has 0 saturated heterocycles. The van der Waals surface area contributed by atoms with Gasteiger partial charge in [-0.1, -0.05) is 18.2 Å². The van der Waals surface area contributed by atoms with Gasteiger partial charge in [0.2, 0.25) is 0 Å². The third-order valence-electron chi connectivity index (χ3n) is 1.53. The highest BCUT2D eigenvalue weighted by Crippen LogP contribution is 2.20. The topological polar surface area (TPSA) is 20.2 Å². The van der Waals surface area contributed by atoms with E-state index in [9.17, 15) is 5.11 Å². The molecule has 11 heavy (non-hydrogen) atoms. The van der Waals surface area contributed by atoms with Gasteiger partial charge in [0.1, 0.15) is 0 Å². The molecule has 1 aliphatic carbocycles. The normalized spacial score (nSPS) is 28.6. The highest BCUT2D eigenvalue weighted by atomic mass is 16.3. The van der Waals surface area contributed by atoms with E-state index in [2.05, 4.69) is 6.58 Å². The second-order valence-electron chi connectivity index (χ2n) is 3.06. The van der Waals surface area contributed by atoms with Gasteiger partial charge in [0, 0.05) is 0 Å². The van der Waals surface area contributed by atoms with Crippen LogP contribution in [0.25, 0.3) is 0 Å². The van der Waals surface area contributed by atoms with Crippen molar-refractivity contribution < 1.29 is 5.11 Å². The molecule has 0 aromatic carbocycles. The predicted molar refractivity (Wildman–Crippen MR) is 49.5 cm³/mol. The lowest BCUT2D eigenvalue weighted by Gasteiger charge is -2.21. The molecule has 1 aliphatic rings. The third-order valence-corrected chi connectivity index (χ3v) is 1.53. The Hall–Kier alpha value is -0.560. The molecule has 0 aromatic rings. The van der Waals surface area contributed by atoms with Gasteiger partial charge in [0.25, 0.3) is 0 Å². The molecule has 0 saturated carbocycles. The van der Waals surface area contributed by atoms with Crippen LogP contribution in [0, 0.1) is 0 Å². The fourth-order valence-electron chi connectivity index (χ4n) is 0.998. The van der Waals surface area contributed by atoms with E-state index in [0.29, 0.717) is 0 Å². The van der Waals surface area contributed by atoms with Crippen LogP contribution in [0.5, 0.6) is 0 Å². The van der Waals surface area contributed by atoms with Crippen LogP contribution in [0.3, 0.4) is 0 Å². The second kappa shape index (κ2) is 5.14. The van der Waals surface area contributed by atoms with Crippen molar-refractivity contribution in [1.29, 1.82) is 0 Å². The van der Waals surface area contributed by atoms with Crippen LogP contribution in [0.2, 0.25) is 0 Å². The molecule has 1 rings (SSSR count). The van der Waals surface area contributed by atoms with Crippen molar-refractivity contribution in [1.82, 2.24) is 0 Å².